The Morgan fingerprint density at radius 1 is 0.519 bits per heavy atom. The summed E-state index contributed by atoms with van der Waals surface area (Å²) in [6, 6.07) is 39.7. The zero-order chi connectivity index (χ0) is 18.9. The topological polar surface area (TPSA) is 3.24 Å². The van der Waals surface area contributed by atoms with E-state index in [1.165, 1.54) is 26.2 Å². The van der Waals surface area contributed by atoms with Crippen LogP contribution in [0.15, 0.2) is 115 Å². The van der Waals surface area contributed by atoms with Gasteiger partial charge in [0.25, 0.3) is 0 Å². The van der Waals surface area contributed by atoms with Crippen molar-refractivity contribution in [2.24, 2.45) is 0 Å². The standard InChI is InChI=1S/C18H15N.C7H7I/c1-4-10-16(11-5-1)19(17-12-6-2-7-13-17)18-14-8-3-9-15-18;1-6-3-2-4-7(8)5-6/h1-15H;2-5H,1H3. The van der Waals surface area contributed by atoms with Crippen molar-refractivity contribution >= 4 is 39.7 Å². The van der Waals surface area contributed by atoms with Crippen molar-refractivity contribution in [1.29, 1.82) is 0 Å². The van der Waals surface area contributed by atoms with Crippen molar-refractivity contribution < 1.29 is 0 Å². The lowest BCUT2D eigenvalue weighted by atomic mass is 10.2. The van der Waals surface area contributed by atoms with Gasteiger partial charge in [0, 0.05) is 20.6 Å². The van der Waals surface area contributed by atoms with Crippen molar-refractivity contribution in [3.8, 4) is 0 Å². The van der Waals surface area contributed by atoms with Crippen LogP contribution in [0.4, 0.5) is 17.1 Å². The number of para-hydroxylation sites is 3. The van der Waals surface area contributed by atoms with E-state index in [0.717, 1.165) is 0 Å². The second-order valence-corrected chi connectivity index (χ2v) is 7.39. The van der Waals surface area contributed by atoms with Crippen LogP contribution >= 0.6 is 22.6 Å². The van der Waals surface area contributed by atoms with E-state index in [1.54, 1.807) is 0 Å². The molecule has 0 aromatic heterocycles. The van der Waals surface area contributed by atoms with E-state index in [1.807, 2.05) is 18.2 Å². The average Bonchev–Trinajstić information content (AvgIpc) is 2.71. The predicted molar refractivity (Wildman–Crippen MR) is 125 cm³/mol. The lowest BCUT2D eigenvalue weighted by Crippen LogP contribution is -2.09. The number of anilines is 3. The van der Waals surface area contributed by atoms with Crippen LogP contribution in [0.3, 0.4) is 0 Å². The van der Waals surface area contributed by atoms with Gasteiger partial charge in [-0.3, -0.25) is 0 Å². The molecule has 1 nitrogen and oxygen atoms in total. The van der Waals surface area contributed by atoms with Gasteiger partial charge in [-0.05, 0) is 78.0 Å². The summed E-state index contributed by atoms with van der Waals surface area (Å²) in [7, 11) is 0. The van der Waals surface area contributed by atoms with Crippen LogP contribution < -0.4 is 4.90 Å². The molecule has 27 heavy (non-hydrogen) atoms. The summed E-state index contributed by atoms with van der Waals surface area (Å²) in [5.74, 6) is 0. The van der Waals surface area contributed by atoms with Crippen LogP contribution in [-0.2, 0) is 0 Å². The zero-order valence-electron chi connectivity index (χ0n) is 15.3. The first-order chi connectivity index (χ1) is 13.2. The third-order valence-electron chi connectivity index (χ3n) is 4.02. The fraction of sp³-hybridized carbons (Fsp3) is 0.0400. The van der Waals surface area contributed by atoms with E-state index < -0.39 is 0 Å². The average molecular weight is 463 g/mol. The first-order valence-corrected chi connectivity index (χ1v) is 9.99. The molecule has 0 amide bonds. The monoisotopic (exact) mass is 463 g/mol. The third kappa shape index (κ3) is 5.69. The molecule has 0 heterocycles. The van der Waals surface area contributed by atoms with E-state index in [9.17, 15) is 0 Å². The van der Waals surface area contributed by atoms with Gasteiger partial charge in [0.05, 0.1) is 0 Å². The fourth-order valence-electron chi connectivity index (χ4n) is 2.78. The van der Waals surface area contributed by atoms with Crippen molar-refractivity contribution in [2.45, 2.75) is 6.92 Å². The Balaban J connectivity index is 0.000000221. The molecule has 0 N–H and O–H groups in total. The molecule has 4 aromatic rings. The molecule has 2 heteroatoms. The third-order valence-corrected chi connectivity index (χ3v) is 4.69. The molecule has 0 atom stereocenters. The van der Waals surface area contributed by atoms with Crippen molar-refractivity contribution in [3.63, 3.8) is 0 Å². The minimum atomic E-state index is 1.17. The molecule has 0 aliphatic heterocycles. The van der Waals surface area contributed by atoms with Gasteiger partial charge in [-0.2, -0.15) is 0 Å². The highest BCUT2D eigenvalue weighted by molar-refractivity contribution is 14.1. The van der Waals surface area contributed by atoms with Gasteiger partial charge in [0.15, 0.2) is 0 Å². The van der Waals surface area contributed by atoms with Gasteiger partial charge in [0.1, 0.15) is 0 Å². The van der Waals surface area contributed by atoms with Gasteiger partial charge >= 0.3 is 0 Å². The maximum atomic E-state index is 2.31. The second-order valence-electron chi connectivity index (χ2n) is 6.14. The maximum absolute atomic E-state index is 2.31. The molecule has 0 spiro atoms. The van der Waals surface area contributed by atoms with Crippen LogP contribution in [-0.4, -0.2) is 0 Å². The summed E-state index contributed by atoms with van der Waals surface area (Å²) < 4.78 is 1.31. The van der Waals surface area contributed by atoms with Crippen LogP contribution in [0.1, 0.15) is 5.56 Å². The highest BCUT2D eigenvalue weighted by Gasteiger charge is 2.10. The Hall–Kier alpha value is -2.59. The molecule has 0 saturated heterocycles. The smallest absolute Gasteiger partial charge is 0.0461 e. The Kier molecular flexibility index (Phi) is 7.05. The van der Waals surface area contributed by atoms with E-state index >= 15 is 0 Å². The Bertz CT molecular complexity index is 826. The minimum absolute atomic E-state index is 1.17. The summed E-state index contributed by atoms with van der Waals surface area (Å²) in [5.41, 5.74) is 4.83. The first-order valence-electron chi connectivity index (χ1n) is 8.91. The lowest BCUT2D eigenvalue weighted by Gasteiger charge is -2.25. The molecule has 134 valence electrons. The van der Waals surface area contributed by atoms with Crippen molar-refractivity contribution in [3.05, 3.63) is 124 Å². The van der Waals surface area contributed by atoms with E-state index in [4.69, 9.17) is 0 Å². The van der Waals surface area contributed by atoms with Gasteiger partial charge in [-0.25, -0.2) is 0 Å². The van der Waals surface area contributed by atoms with Crippen LogP contribution in [0.5, 0.6) is 0 Å². The number of nitrogens with zero attached hydrogens (tertiary/aromatic N) is 1. The van der Waals surface area contributed by atoms with Crippen LogP contribution in [0.25, 0.3) is 0 Å². The molecule has 0 aliphatic rings. The molecular formula is C25H22IN. The predicted octanol–water partition coefficient (Wildman–Crippen LogP) is 7.76. The van der Waals surface area contributed by atoms with Gasteiger partial charge in [0.2, 0.25) is 0 Å². The Morgan fingerprint density at radius 2 is 0.926 bits per heavy atom. The highest BCUT2D eigenvalue weighted by Crippen LogP contribution is 2.33. The number of benzene rings is 4. The van der Waals surface area contributed by atoms with E-state index in [0.29, 0.717) is 0 Å². The molecular weight excluding hydrogens is 441 g/mol. The fourth-order valence-corrected chi connectivity index (χ4v) is 3.48. The number of hydrogen-bond donors (Lipinski definition) is 0. The van der Waals surface area contributed by atoms with E-state index in [-0.39, 0.29) is 0 Å². The normalized spacial score (nSPS) is 9.85. The summed E-state index contributed by atoms with van der Waals surface area (Å²) in [5, 5.41) is 0. The Morgan fingerprint density at radius 3 is 1.22 bits per heavy atom. The van der Waals surface area contributed by atoms with Crippen molar-refractivity contribution in [2.75, 3.05) is 4.90 Å². The summed E-state index contributed by atoms with van der Waals surface area (Å²) >= 11 is 2.31. The number of halogens is 1. The largest absolute Gasteiger partial charge is 0.311 e. The van der Waals surface area contributed by atoms with Gasteiger partial charge in [-0.15, -0.1) is 0 Å². The summed E-state index contributed by atoms with van der Waals surface area (Å²) in [6.07, 6.45) is 0. The SMILES string of the molecule is Cc1cccc(I)c1.c1ccc(N(c2ccccc2)c2ccccc2)cc1. The summed E-state index contributed by atoms with van der Waals surface area (Å²) in [6.45, 7) is 2.10. The molecule has 0 saturated carbocycles. The molecule has 0 radical (unpaired) electrons. The zero-order valence-corrected chi connectivity index (χ0v) is 17.5. The number of rotatable bonds is 3. The van der Waals surface area contributed by atoms with Gasteiger partial charge < -0.3 is 4.90 Å². The molecule has 0 bridgehead atoms. The van der Waals surface area contributed by atoms with Crippen LogP contribution in [0, 0.1) is 10.5 Å². The molecule has 4 aromatic carbocycles. The first kappa shape index (κ1) is 19.2. The number of aryl methyl sites for hydroxylation is 1. The number of hydrogen-bond acceptors (Lipinski definition) is 1. The van der Waals surface area contributed by atoms with E-state index in [2.05, 4.69) is 131 Å². The molecule has 0 fully saturated rings. The second kappa shape index (κ2) is 9.93. The molecule has 0 aliphatic carbocycles. The molecule has 0 unspecified atom stereocenters. The lowest BCUT2D eigenvalue weighted by molar-refractivity contribution is 1.28. The minimum Gasteiger partial charge on any atom is -0.311 e. The maximum Gasteiger partial charge on any atom is 0.0461 e. The van der Waals surface area contributed by atoms with Crippen LogP contribution in [0.2, 0.25) is 0 Å². The quantitative estimate of drug-likeness (QED) is 0.281. The van der Waals surface area contributed by atoms with Gasteiger partial charge in [-0.1, -0.05) is 72.3 Å². The summed E-state index contributed by atoms with van der Waals surface area (Å²) in [4.78, 5) is 2.25. The highest BCUT2D eigenvalue weighted by atomic mass is 127. The van der Waals surface area contributed by atoms with Crippen molar-refractivity contribution in [1.82, 2.24) is 0 Å². The Labute approximate surface area is 175 Å². The molecule has 4 rings (SSSR count).